The Morgan fingerprint density at radius 3 is 2.00 bits per heavy atom. The van der Waals surface area contributed by atoms with Crippen LogP contribution in [-0.4, -0.2) is 10.2 Å². The van der Waals surface area contributed by atoms with Crippen LogP contribution in [0.4, 0.5) is 0 Å². The standard InChI is InChI=1S/C5H9IO/c1-4(2)5(6)3-7/h3-5H,1-2H3/t5-/m0/s1. The zero-order valence-electron chi connectivity index (χ0n) is 4.52. The number of alkyl halides is 1. The van der Waals surface area contributed by atoms with E-state index in [4.69, 9.17) is 0 Å². The van der Waals surface area contributed by atoms with Crippen LogP contribution in [0.2, 0.25) is 0 Å². The molecule has 0 aliphatic carbocycles. The van der Waals surface area contributed by atoms with Crippen LogP contribution in [0, 0.1) is 5.92 Å². The number of rotatable bonds is 2. The minimum Gasteiger partial charge on any atom is -0.302 e. The number of halogens is 1. The highest BCUT2D eigenvalue weighted by molar-refractivity contribution is 14.1. The van der Waals surface area contributed by atoms with Gasteiger partial charge in [-0.3, -0.25) is 0 Å². The van der Waals surface area contributed by atoms with Gasteiger partial charge < -0.3 is 4.79 Å². The predicted molar refractivity (Wildman–Crippen MR) is 38.7 cm³/mol. The average Bonchev–Trinajstić information content (AvgIpc) is 1.65. The first-order valence-corrected chi connectivity index (χ1v) is 3.52. The highest BCUT2D eigenvalue weighted by Gasteiger charge is 2.04. The molecular weight excluding hydrogens is 203 g/mol. The molecule has 0 aromatic heterocycles. The number of hydrogen-bond donors (Lipinski definition) is 0. The summed E-state index contributed by atoms with van der Waals surface area (Å²) < 4.78 is 0.192. The zero-order chi connectivity index (χ0) is 5.86. The van der Waals surface area contributed by atoms with Gasteiger partial charge in [0, 0.05) is 0 Å². The predicted octanol–water partition coefficient (Wildman–Crippen LogP) is 1.64. The molecule has 0 aliphatic rings. The first-order chi connectivity index (χ1) is 3.18. The van der Waals surface area contributed by atoms with Crippen molar-refractivity contribution in [3.05, 3.63) is 0 Å². The first kappa shape index (κ1) is 7.40. The summed E-state index contributed by atoms with van der Waals surface area (Å²) in [5.74, 6) is 0.484. The third-order valence-electron chi connectivity index (χ3n) is 0.767. The van der Waals surface area contributed by atoms with Crippen molar-refractivity contribution in [2.75, 3.05) is 0 Å². The monoisotopic (exact) mass is 212 g/mol. The smallest absolute Gasteiger partial charge is 0.133 e. The van der Waals surface area contributed by atoms with Gasteiger partial charge >= 0.3 is 0 Å². The van der Waals surface area contributed by atoms with E-state index in [1.54, 1.807) is 0 Å². The molecule has 0 aliphatic heterocycles. The molecule has 0 bridgehead atoms. The van der Waals surface area contributed by atoms with Crippen LogP contribution >= 0.6 is 22.6 Å². The topological polar surface area (TPSA) is 17.1 Å². The Balaban J connectivity index is 3.33. The molecule has 1 nitrogen and oxygen atoms in total. The maximum Gasteiger partial charge on any atom is 0.133 e. The molecule has 0 saturated heterocycles. The van der Waals surface area contributed by atoms with Crippen LogP contribution in [0.1, 0.15) is 13.8 Å². The molecule has 0 spiro atoms. The fourth-order valence-electron chi connectivity index (χ4n) is 0.157. The summed E-state index contributed by atoms with van der Waals surface area (Å²) in [6.45, 7) is 4.07. The van der Waals surface area contributed by atoms with Gasteiger partial charge in [-0.15, -0.1) is 0 Å². The van der Waals surface area contributed by atoms with Gasteiger partial charge in [0.1, 0.15) is 6.29 Å². The van der Waals surface area contributed by atoms with Gasteiger partial charge in [0.2, 0.25) is 0 Å². The van der Waals surface area contributed by atoms with Crippen LogP contribution in [0.15, 0.2) is 0 Å². The molecule has 42 valence electrons. The van der Waals surface area contributed by atoms with E-state index in [9.17, 15) is 4.79 Å². The summed E-state index contributed by atoms with van der Waals surface area (Å²) in [5.41, 5.74) is 0. The molecular formula is C5H9IO. The summed E-state index contributed by atoms with van der Waals surface area (Å²) in [5, 5.41) is 0. The Hall–Kier alpha value is 0.400. The largest absolute Gasteiger partial charge is 0.302 e. The van der Waals surface area contributed by atoms with Gasteiger partial charge in [0.05, 0.1) is 3.92 Å². The lowest BCUT2D eigenvalue weighted by molar-refractivity contribution is -0.107. The quantitative estimate of drug-likeness (QED) is 0.386. The fraction of sp³-hybridized carbons (Fsp3) is 0.800. The van der Waals surface area contributed by atoms with Crippen molar-refractivity contribution in [2.45, 2.75) is 17.8 Å². The van der Waals surface area contributed by atoms with Crippen molar-refractivity contribution >= 4 is 28.9 Å². The van der Waals surface area contributed by atoms with E-state index in [1.807, 2.05) is 13.8 Å². The van der Waals surface area contributed by atoms with Crippen molar-refractivity contribution in [2.24, 2.45) is 5.92 Å². The van der Waals surface area contributed by atoms with Crippen molar-refractivity contribution < 1.29 is 4.79 Å². The van der Waals surface area contributed by atoms with Crippen LogP contribution in [0.25, 0.3) is 0 Å². The lowest BCUT2D eigenvalue weighted by Crippen LogP contribution is -2.06. The van der Waals surface area contributed by atoms with E-state index in [1.165, 1.54) is 0 Å². The third-order valence-corrected chi connectivity index (χ3v) is 2.50. The molecule has 7 heavy (non-hydrogen) atoms. The molecule has 0 amide bonds. The second-order valence-corrected chi connectivity index (χ2v) is 3.26. The van der Waals surface area contributed by atoms with E-state index in [-0.39, 0.29) is 3.92 Å². The van der Waals surface area contributed by atoms with E-state index >= 15 is 0 Å². The second-order valence-electron chi connectivity index (χ2n) is 1.82. The molecule has 0 N–H and O–H groups in total. The molecule has 0 radical (unpaired) electrons. The van der Waals surface area contributed by atoms with Gasteiger partial charge in [-0.1, -0.05) is 36.4 Å². The molecule has 0 aromatic carbocycles. The molecule has 0 heterocycles. The SMILES string of the molecule is CC(C)[C@@H](I)C=O. The molecule has 0 rings (SSSR count). The lowest BCUT2D eigenvalue weighted by Gasteiger charge is -2.02. The molecule has 1 atom stereocenters. The van der Waals surface area contributed by atoms with Crippen molar-refractivity contribution in [3.63, 3.8) is 0 Å². The van der Waals surface area contributed by atoms with Gasteiger partial charge in [0.25, 0.3) is 0 Å². The Bertz CT molecular complexity index is 61.1. The summed E-state index contributed by atoms with van der Waals surface area (Å²) in [7, 11) is 0. The maximum absolute atomic E-state index is 9.94. The summed E-state index contributed by atoms with van der Waals surface area (Å²) in [4.78, 5) is 9.94. The minimum absolute atomic E-state index is 0.192. The lowest BCUT2D eigenvalue weighted by atomic mass is 10.2. The van der Waals surface area contributed by atoms with Crippen molar-refractivity contribution in [1.29, 1.82) is 0 Å². The maximum atomic E-state index is 9.94. The molecule has 2 heteroatoms. The minimum atomic E-state index is 0.192. The Morgan fingerprint density at radius 2 is 2.00 bits per heavy atom. The summed E-state index contributed by atoms with van der Waals surface area (Å²) >= 11 is 2.13. The molecule has 0 fully saturated rings. The van der Waals surface area contributed by atoms with Crippen LogP contribution < -0.4 is 0 Å². The molecule has 0 saturated carbocycles. The number of carbonyl (C=O) groups is 1. The zero-order valence-corrected chi connectivity index (χ0v) is 6.68. The number of hydrogen-bond acceptors (Lipinski definition) is 1. The first-order valence-electron chi connectivity index (χ1n) is 2.28. The van der Waals surface area contributed by atoms with E-state index in [0.29, 0.717) is 5.92 Å². The Labute approximate surface area is 57.6 Å². The van der Waals surface area contributed by atoms with Gasteiger partial charge in [-0.2, -0.15) is 0 Å². The van der Waals surface area contributed by atoms with Crippen LogP contribution in [0.3, 0.4) is 0 Å². The highest BCUT2D eigenvalue weighted by atomic mass is 127. The molecule has 0 unspecified atom stereocenters. The second kappa shape index (κ2) is 3.41. The number of aldehydes is 1. The Morgan fingerprint density at radius 1 is 1.57 bits per heavy atom. The van der Waals surface area contributed by atoms with Gasteiger partial charge in [-0.25, -0.2) is 0 Å². The fourth-order valence-corrected chi connectivity index (χ4v) is 0.157. The van der Waals surface area contributed by atoms with Crippen LogP contribution in [0.5, 0.6) is 0 Å². The van der Waals surface area contributed by atoms with Gasteiger partial charge in [0.15, 0.2) is 0 Å². The van der Waals surface area contributed by atoms with Crippen LogP contribution in [-0.2, 0) is 4.79 Å². The number of carbonyl (C=O) groups excluding carboxylic acids is 1. The summed E-state index contributed by atoms with van der Waals surface area (Å²) in [6, 6.07) is 0. The van der Waals surface area contributed by atoms with E-state index in [0.717, 1.165) is 6.29 Å². The average molecular weight is 212 g/mol. The van der Waals surface area contributed by atoms with Crippen molar-refractivity contribution in [1.82, 2.24) is 0 Å². The highest BCUT2D eigenvalue weighted by Crippen LogP contribution is 2.08. The third kappa shape index (κ3) is 3.02. The normalized spacial score (nSPS) is 14.3. The summed E-state index contributed by atoms with van der Waals surface area (Å²) in [6.07, 6.45) is 0.977. The van der Waals surface area contributed by atoms with E-state index in [2.05, 4.69) is 22.6 Å². The Kier molecular flexibility index (Phi) is 3.60. The van der Waals surface area contributed by atoms with E-state index < -0.39 is 0 Å². The van der Waals surface area contributed by atoms with Crippen molar-refractivity contribution in [3.8, 4) is 0 Å². The molecule has 0 aromatic rings. The van der Waals surface area contributed by atoms with Gasteiger partial charge in [-0.05, 0) is 5.92 Å².